The number of halogens is 3. The first-order valence-corrected chi connectivity index (χ1v) is 3.74. The predicted molar refractivity (Wildman–Crippen MR) is 43.0 cm³/mol. The Hall–Kier alpha value is -0.910. The standard InChI is InChI=1S/C6H5BrF2N2O/c7-5-4(12)2(6(8)9)1-3(10)11-5/h1,6,12H,(H2,10,11). The minimum Gasteiger partial charge on any atom is -0.505 e. The highest BCUT2D eigenvalue weighted by atomic mass is 79.9. The van der Waals surface area contributed by atoms with Crippen molar-refractivity contribution in [3.63, 3.8) is 0 Å². The number of anilines is 1. The molecule has 66 valence electrons. The van der Waals surface area contributed by atoms with Crippen LogP contribution in [0.25, 0.3) is 0 Å². The van der Waals surface area contributed by atoms with Crippen LogP contribution >= 0.6 is 15.9 Å². The van der Waals surface area contributed by atoms with E-state index in [4.69, 9.17) is 10.8 Å². The summed E-state index contributed by atoms with van der Waals surface area (Å²) in [6, 6.07) is 0.935. The van der Waals surface area contributed by atoms with E-state index in [1.54, 1.807) is 0 Å². The zero-order chi connectivity index (χ0) is 9.30. The lowest BCUT2D eigenvalue weighted by atomic mass is 10.2. The van der Waals surface area contributed by atoms with Crippen LogP contribution in [-0.4, -0.2) is 10.1 Å². The highest BCUT2D eigenvalue weighted by molar-refractivity contribution is 9.10. The summed E-state index contributed by atoms with van der Waals surface area (Å²) in [7, 11) is 0. The number of hydrogen-bond donors (Lipinski definition) is 2. The fourth-order valence-corrected chi connectivity index (χ4v) is 1.15. The maximum absolute atomic E-state index is 12.1. The van der Waals surface area contributed by atoms with Gasteiger partial charge in [0.25, 0.3) is 6.43 Å². The zero-order valence-electron chi connectivity index (χ0n) is 5.76. The third-order valence-electron chi connectivity index (χ3n) is 1.23. The van der Waals surface area contributed by atoms with Gasteiger partial charge in [-0.25, -0.2) is 13.8 Å². The lowest BCUT2D eigenvalue weighted by Crippen LogP contribution is -1.95. The second-order valence-corrected chi connectivity index (χ2v) is 2.83. The molecule has 1 aromatic rings. The number of aromatic hydroxyl groups is 1. The van der Waals surface area contributed by atoms with Gasteiger partial charge in [0.2, 0.25) is 0 Å². The average Bonchev–Trinajstić information content (AvgIpc) is 1.96. The Bertz CT molecular complexity index is 306. The van der Waals surface area contributed by atoms with Crippen molar-refractivity contribution in [2.75, 3.05) is 5.73 Å². The summed E-state index contributed by atoms with van der Waals surface area (Å²) in [5, 5.41) is 9.05. The van der Waals surface area contributed by atoms with Gasteiger partial charge in [-0.15, -0.1) is 0 Å². The number of alkyl halides is 2. The van der Waals surface area contributed by atoms with Crippen LogP contribution in [-0.2, 0) is 0 Å². The van der Waals surface area contributed by atoms with E-state index in [1.807, 2.05) is 0 Å². The molecule has 0 bridgehead atoms. The fraction of sp³-hybridized carbons (Fsp3) is 0.167. The molecule has 0 saturated heterocycles. The fourth-order valence-electron chi connectivity index (χ4n) is 0.712. The first kappa shape index (κ1) is 9.18. The van der Waals surface area contributed by atoms with Gasteiger partial charge in [-0.2, -0.15) is 0 Å². The van der Waals surface area contributed by atoms with Gasteiger partial charge in [0, 0.05) is 0 Å². The van der Waals surface area contributed by atoms with E-state index in [0.29, 0.717) is 0 Å². The third kappa shape index (κ3) is 1.63. The monoisotopic (exact) mass is 238 g/mol. The largest absolute Gasteiger partial charge is 0.505 e. The van der Waals surface area contributed by atoms with E-state index in [0.717, 1.165) is 6.07 Å². The maximum Gasteiger partial charge on any atom is 0.267 e. The van der Waals surface area contributed by atoms with E-state index in [-0.39, 0.29) is 10.4 Å². The van der Waals surface area contributed by atoms with Crippen LogP contribution < -0.4 is 5.73 Å². The molecule has 3 N–H and O–H groups in total. The molecule has 0 fully saturated rings. The molecule has 0 spiro atoms. The summed E-state index contributed by atoms with van der Waals surface area (Å²) in [6.45, 7) is 0. The Morgan fingerprint density at radius 1 is 1.58 bits per heavy atom. The highest BCUT2D eigenvalue weighted by Gasteiger charge is 2.16. The molecule has 6 heteroatoms. The summed E-state index contributed by atoms with van der Waals surface area (Å²) in [4.78, 5) is 3.53. The van der Waals surface area contributed by atoms with Crippen LogP contribution in [0.4, 0.5) is 14.6 Å². The SMILES string of the molecule is Nc1cc(C(F)F)c(O)c(Br)n1. The number of hydrogen-bond acceptors (Lipinski definition) is 3. The minimum absolute atomic E-state index is 0.0602. The van der Waals surface area contributed by atoms with Crippen molar-refractivity contribution in [2.24, 2.45) is 0 Å². The Morgan fingerprint density at radius 3 is 2.67 bits per heavy atom. The molecule has 0 unspecified atom stereocenters. The number of nitrogen functional groups attached to an aromatic ring is 1. The van der Waals surface area contributed by atoms with E-state index >= 15 is 0 Å². The van der Waals surface area contributed by atoms with E-state index in [2.05, 4.69) is 20.9 Å². The molecule has 0 radical (unpaired) electrons. The number of aromatic nitrogens is 1. The number of pyridine rings is 1. The summed E-state index contributed by atoms with van der Waals surface area (Å²) < 4.78 is 24.2. The smallest absolute Gasteiger partial charge is 0.267 e. The molecule has 0 saturated carbocycles. The van der Waals surface area contributed by atoms with E-state index in [1.165, 1.54) is 0 Å². The average molecular weight is 239 g/mol. The van der Waals surface area contributed by atoms with Gasteiger partial charge >= 0.3 is 0 Å². The second kappa shape index (κ2) is 3.22. The summed E-state index contributed by atoms with van der Waals surface area (Å²) in [5.41, 5.74) is 4.66. The molecule has 0 aromatic carbocycles. The van der Waals surface area contributed by atoms with Gasteiger partial charge in [-0.1, -0.05) is 0 Å². The molecule has 0 amide bonds. The number of rotatable bonds is 1. The second-order valence-electron chi connectivity index (χ2n) is 2.08. The van der Waals surface area contributed by atoms with Crippen LogP contribution in [0.15, 0.2) is 10.7 Å². The number of nitrogens with two attached hydrogens (primary N) is 1. The molecule has 12 heavy (non-hydrogen) atoms. The maximum atomic E-state index is 12.1. The molecule has 1 aromatic heterocycles. The van der Waals surface area contributed by atoms with Crippen molar-refractivity contribution in [2.45, 2.75) is 6.43 Å². The Morgan fingerprint density at radius 2 is 2.17 bits per heavy atom. The van der Waals surface area contributed by atoms with Crippen LogP contribution in [0.5, 0.6) is 5.75 Å². The van der Waals surface area contributed by atoms with Gasteiger partial charge in [0.15, 0.2) is 10.4 Å². The van der Waals surface area contributed by atoms with Crippen molar-refractivity contribution in [1.82, 2.24) is 4.98 Å². The van der Waals surface area contributed by atoms with Crippen molar-refractivity contribution in [3.05, 3.63) is 16.2 Å². The van der Waals surface area contributed by atoms with Crippen LogP contribution in [0, 0.1) is 0 Å². The van der Waals surface area contributed by atoms with Crippen LogP contribution in [0.3, 0.4) is 0 Å². The van der Waals surface area contributed by atoms with Crippen molar-refractivity contribution < 1.29 is 13.9 Å². The van der Waals surface area contributed by atoms with E-state index in [9.17, 15) is 8.78 Å². The first-order valence-electron chi connectivity index (χ1n) is 2.95. The topological polar surface area (TPSA) is 59.1 Å². The molecule has 1 heterocycles. The Labute approximate surface area is 75.3 Å². The third-order valence-corrected chi connectivity index (χ3v) is 1.79. The minimum atomic E-state index is -2.76. The van der Waals surface area contributed by atoms with E-state index < -0.39 is 17.7 Å². The molecule has 1 rings (SSSR count). The molecular formula is C6H5BrF2N2O. The zero-order valence-corrected chi connectivity index (χ0v) is 7.35. The first-order chi connectivity index (χ1) is 5.52. The highest BCUT2D eigenvalue weighted by Crippen LogP contribution is 2.34. The van der Waals surface area contributed by atoms with Crippen LogP contribution in [0.1, 0.15) is 12.0 Å². The number of nitrogens with zero attached hydrogens (tertiary/aromatic N) is 1. The summed E-state index contributed by atoms with van der Waals surface area (Å²) in [5.74, 6) is -0.630. The molecule has 3 nitrogen and oxygen atoms in total. The van der Waals surface area contributed by atoms with Gasteiger partial charge in [-0.3, -0.25) is 0 Å². The van der Waals surface area contributed by atoms with Gasteiger partial charge in [0.1, 0.15) is 5.82 Å². The van der Waals surface area contributed by atoms with Crippen molar-refractivity contribution in [3.8, 4) is 5.75 Å². The predicted octanol–water partition coefficient (Wildman–Crippen LogP) is 2.07. The Kier molecular flexibility index (Phi) is 2.46. The molecule has 0 atom stereocenters. The normalized spacial score (nSPS) is 10.7. The lowest BCUT2D eigenvalue weighted by Gasteiger charge is -2.05. The van der Waals surface area contributed by atoms with Gasteiger partial charge in [-0.05, 0) is 22.0 Å². The van der Waals surface area contributed by atoms with Crippen molar-refractivity contribution in [1.29, 1.82) is 0 Å². The summed E-state index contributed by atoms with van der Waals surface area (Å²) in [6.07, 6.45) is -2.76. The molecule has 0 aliphatic rings. The van der Waals surface area contributed by atoms with Crippen LogP contribution in [0.2, 0.25) is 0 Å². The van der Waals surface area contributed by atoms with Gasteiger partial charge in [0.05, 0.1) is 5.56 Å². The quantitative estimate of drug-likeness (QED) is 0.737. The Balaban J connectivity index is 3.28. The lowest BCUT2D eigenvalue weighted by molar-refractivity contribution is 0.147. The molecular weight excluding hydrogens is 234 g/mol. The van der Waals surface area contributed by atoms with Crippen molar-refractivity contribution >= 4 is 21.7 Å². The summed E-state index contributed by atoms with van der Waals surface area (Å²) >= 11 is 2.79. The molecule has 0 aliphatic heterocycles. The molecule has 0 aliphatic carbocycles. The van der Waals surface area contributed by atoms with Gasteiger partial charge < -0.3 is 10.8 Å².